The van der Waals surface area contributed by atoms with E-state index < -0.39 is 0 Å². The van der Waals surface area contributed by atoms with Crippen molar-refractivity contribution >= 4 is 34.7 Å². The number of esters is 1. The number of nitrogens with one attached hydrogen (secondary N) is 2. The summed E-state index contributed by atoms with van der Waals surface area (Å²) >= 11 is 5.32. The predicted molar refractivity (Wildman–Crippen MR) is 111 cm³/mol. The third-order valence-electron chi connectivity index (χ3n) is 3.78. The van der Waals surface area contributed by atoms with Crippen molar-refractivity contribution in [3.8, 4) is 0 Å². The van der Waals surface area contributed by atoms with Crippen molar-refractivity contribution in [3.05, 3.63) is 60.2 Å². The number of anilines is 2. The van der Waals surface area contributed by atoms with Crippen LogP contribution in [0.25, 0.3) is 0 Å². The Kier molecular flexibility index (Phi) is 7.89. The molecule has 0 fully saturated rings. The number of ether oxygens (including phenoxy) is 1. The molecule has 0 saturated carbocycles. The molecule has 0 aliphatic heterocycles. The Morgan fingerprint density at radius 2 is 1.92 bits per heavy atom. The second-order valence-corrected chi connectivity index (χ2v) is 6.20. The van der Waals surface area contributed by atoms with Crippen LogP contribution in [0.1, 0.15) is 23.7 Å². The minimum Gasteiger partial charge on any atom is -0.462 e. The molecule has 138 valence electrons. The van der Waals surface area contributed by atoms with Gasteiger partial charge in [-0.1, -0.05) is 24.3 Å². The molecule has 2 rings (SSSR count). The Balaban J connectivity index is 1.73. The molecule has 0 saturated heterocycles. The van der Waals surface area contributed by atoms with Crippen molar-refractivity contribution in [2.75, 3.05) is 37.0 Å². The summed E-state index contributed by atoms with van der Waals surface area (Å²) in [6.45, 7) is 3.83. The van der Waals surface area contributed by atoms with E-state index in [1.165, 1.54) is 5.69 Å². The molecule has 2 aromatic carbocycles. The SMILES string of the molecule is CCOC(=O)c1cccc(NC(=S)NCCCN(C)c2ccccc2)c1. The third kappa shape index (κ3) is 6.37. The Bertz CT molecular complexity index is 722. The highest BCUT2D eigenvalue weighted by molar-refractivity contribution is 7.80. The van der Waals surface area contributed by atoms with Crippen molar-refractivity contribution in [3.63, 3.8) is 0 Å². The largest absolute Gasteiger partial charge is 0.462 e. The van der Waals surface area contributed by atoms with Gasteiger partial charge in [0.15, 0.2) is 5.11 Å². The maximum Gasteiger partial charge on any atom is 0.338 e. The zero-order valence-corrected chi connectivity index (χ0v) is 16.0. The number of thiocarbonyl (C=S) groups is 1. The maximum absolute atomic E-state index is 11.8. The first-order valence-corrected chi connectivity index (χ1v) is 9.09. The van der Waals surface area contributed by atoms with Gasteiger partial charge < -0.3 is 20.3 Å². The minimum absolute atomic E-state index is 0.334. The maximum atomic E-state index is 11.8. The summed E-state index contributed by atoms with van der Waals surface area (Å²) in [5.74, 6) is -0.334. The summed E-state index contributed by atoms with van der Waals surface area (Å²) in [4.78, 5) is 14.0. The topological polar surface area (TPSA) is 53.6 Å². The first-order valence-electron chi connectivity index (χ1n) is 8.68. The fraction of sp³-hybridized carbons (Fsp3) is 0.300. The van der Waals surface area contributed by atoms with E-state index in [1.807, 2.05) is 24.3 Å². The lowest BCUT2D eigenvalue weighted by molar-refractivity contribution is 0.0526. The lowest BCUT2D eigenvalue weighted by Crippen LogP contribution is -2.31. The fourth-order valence-corrected chi connectivity index (χ4v) is 2.66. The Morgan fingerprint density at radius 3 is 2.65 bits per heavy atom. The second-order valence-electron chi connectivity index (χ2n) is 5.79. The highest BCUT2D eigenvalue weighted by Crippen LogP contribution is 2.12. The van der Waals surface area contributed by atoms with Gasteiger partial charge in [-0.3, -0.25) is 0 Å². The number of nitrogens with zero attached hydrogens (tertiary/aromatic N) is 1. The molecule has 0 aromatic heterocycles. The minimum atomic E-state index is -0.334. The highest BCUT2D eigenvalue weighted by Gasteiger charge is 2.07. The molecule has 6 heteroatoms. The molecular weight excluding hydrogens is 346 g/mol. The van der Waals surface area contributed by atoms with Gasteiger partial charge in [0.05, 0.1) is 12.2 Å². The van der Waals surface area contributed by atoms with Gasteiger partial charge in [-0.05, 0) is 55.9 Å². The summed E-state index contributed by atoms with van der Waals surface area (Å²) in [6, 6.07) is 17.4. The summed E-state index contributed by atoms with van der Waals surface area (Å²) in [6.07, 6.45) is 0.954. The van der Waals surface area contributed by atoms with E-state index in [2.05, 4.69) is 34.7 Å². The molecule has 0 aliphatic carbocycles. The molecule has 26 heavy (non-hydrogen) atoms. The molecule has 2 aromatic rings. The number of para-hydroxylation sites is 1. The number of hydrogen-bond acceptors (Lipinski definition) is 4. The van der Waals surface area contributed by atoms with Gasteiger partial charge in [0.2, 0.25) is 0 Å². The summed E-state index contributed by atoms with van der Waals surface area (Å²) < 4.78 is 5.01. The molecule has 0 bridgehead atoms. The zero-order valence-electron chi connectivity index (χ0n) is 15.2. The number of benzene rings is 2. The van der Waals surface area contributed by atoms with Crippen molar-refractivity contribution < 1.29 is 9.53 Å². The van der Waals surface area contributed by atoms with Crippen LogP contribution in [0.5, 0.6) is 0 Å². The van der Waals surface area contributed by atoms with Crippen molar-refractivity contribution in [2.45, 2.75) is 13.3 Å². The Morgan fingerprint density at radius 1 is 1.15 bits per heavy atom. The Hall–Kier alpha value is -2.60. The average Bonchev–Trinajstić information content (AvgIpc) is 2.66. The van der Waals surface area contributed by atoms with Crippen LogP contribution in [-0.4, -0.2) is 37.8 Å². The van der Waals surface area contributed by atoms with Crippen LogP contribution in [0.15, 0.2) is 54.6 Å². The standard InChI is InChI=1S/C20H25N3O2S/c1-3-25-19(24)16-9-7-10-17(15-16)22-20(26)21-13-8-14-23(2)18-11-5-4-6-12-18/h4-7,9-12,15H,3,8,13-14H2,1-2H3,(H2,21,22,26). The number of carbonyl (C=O) groups excluding carboxylic acids is 1. The lowest BCUT2D eigenvalue weighted by atomic mass is 10.2. The fourth-order valence-electron chi connectivity index (χ4n) is 2.44. The number of rotatable bonds is 8. The second kappa shape index (κ2) is 10.4. The molecule has 0 unspecified atom stereocenters. The highest BCUT2D eigenvalue weighted by atomic mass is 32.1. The summed E-state index contributed by atoms with van der Waals surface area (Å²) in [5.41, 5.74) is 2.46. The summed E-state index contributed by atoms with van der Waals surface area (Å²) in [5, 5.41) is 6.82. The predicted octanol–water partition coefficient (Wildman–Crippen LogP) is 3.68. The van der Waals surface area contributed by atoms with Crippen LogP contribution in [0.4, 0.5) is 11.4 Å². The van der Waals surface area contributed by atoms with E-state index in [1.54, 1.807) is 25.1 Å². The van der Waals surface area contributed by atoms with E-state index in [-0.39, 0.29) is 5.97 Å². The van der Waals surface area contributed by atoms with E-state index in [4.69, 9.17) is 17.0 Å². The first-order chi connectivity index (χ1) is 12.6. The van der Waals surface area contributed by atoms with E-state index in [0.29, 0.717) is 17.3 Å². The molecule has 0 amide bonds. The van der Waals surface area contributed by atoms with Crippen LogP contribution in [0.2, 0.25) is 0 Å². The molecule has 0 radical (unpaired) electrons. The van der Waals surface area contributed by atoms with Crippen molar-refractivity contribution in [1.29, 1.82) is 0 Å². The number of hydrogen-bond donors (Lipinski definition) is 2. The molecule has 2 N–H and O–H groups in total. The average molecular weight is 372 g/mol. The molecule has 0 heterocycles. The van der Waals surface area contributed by atoms with Crippen LogP contribution in [0.3, 0.4) is 0 Å². The van der Waals surface area contributed by atoms with Crippen molar-refractivity contribution in [2.24, 2.45) is 0 Å². The monoisotopic (exact) mass is 371 g/mol. The van der Waals surface area contributed by atoms with Gasteiger partial charge in [-0.15, -0.1) is 0 Å². The molecule has 0 spiro atoms. The smallest absolute Gasteiger partial charge is 0.338 e. The van der Waals surface area contributed by atoms with Crippen LogP contribution in [0, 0.1) is 0 Å². The quantitative estimate of drug-likeness (QED) is 0.419. The van der Waals surface area contributed by atoms with Gasteiger partial charge in [0, 0.05) is 31.5 Å². The van der Waals surface area contributed by atoms with E-state index >= 15 is 0 Å². The van der Waals surface area contributed by atoms with Crippen LogP contribution < -0.4 is 15.5 Å². The third-order valence-corrected chi connectivity index (χ3v) is 4.03. The van der Waals surface area contributed by atoms with Crippen LogP contribution in [-0.2, 0) is 4.74 Å². The van der Waals surface area contributed by atoms with Gasteiger partial charge >= 0.3 is 5.97 Å². The molecule has 0 aliphatic rings. The first kappa shape index (κ1) is 19.7. The molecule has 5 nitrogen and oxygen atoms in total. The normalized spacial score (nSPS) is 10.1. The zero-order chi connectivity index (χ0) is 18.8. The summed E-state index contributed by atoms with van der Waals surface area (Å²) in [7, 11) is 2.08. The lowest BCUT2D eigenvalue weighted by Gasteiger charge is -2.19. The molecule has 0 atom stereocenters. The van der Waals surface area contributed by atoms with Crippen molar-refractivity contribution in [1.82, 2.24) is 5.32 Å². The van der Waals surface area contributed by atoms with Gasteiger partial charge in [-0.2, -0.15) is 0 Å². The van der Waals surface area contributed by atoms with Gasteiger partial charge in [-0.25, -0.2) is 4.79 Å². The van der Waals surface area contributed by atoms with E-state index in [0.717, 1.165) is 25.2 Å². The number of carbonyl (C=O) groups is 1. The Labute approximate surface area is 160 Å². The van der Waals surface area contributed by atoms with Crippen LogP contribution >= 0.6 is 12.2 Å². The van der Waals surface area contributed by atoms with Gasteiger partial charge in [0.1, 0.15) is 0 Å². The van der Waals surface area contributed by atoms with E-state index in [9.17, 15) is 4.79 Å². The molecular formula is C20H25N3O2S. The van der Waals surface area contributed by atoms with Gasteiger partial charge in [0.25, 0.3) is 0 Å².